The molecule has 2 aliphatic rings. The van der Waals surface area contributed by atoms with Crippen LogP contribution in [0.3, 0.4) is 0 Å². The molecule has 2 aromatic carbocycles. The number of benzene rings is 2. The molecule has 1 saturated heterocycles. The molecular formula is C25H27N5O2S. The quantitative estimate of drug-likeness (QED) is 0.543. The van der Waals surface area contributed by atoms with Crippen LogP contribution in [0, 0.1) is 0 Å². The van der Waals surface area contributed by atoms with Crippen molar-refractivity contribution in [3.05, 3.63) is 70.7 Å². The van der Waals surface area contributed by atoms with Crippen molar-refractivity contribution >= 4 is 39.7 Å². The minimum absolute atomic E-state index is 0.119. The molecule has 0 radical (unpaired) electrons. The molecule has 0 unspecified atom stereocenters. The summed E-state index contributed by atoms with van der Waals surface area (Å²) in [5.41, 5.74) is 4.83. The van der Waals surface area contributed by atoms with Gasteiger partial charge in [0.15, 0.2) is 5.13 Å². The number of hydrogen-bond donors (Lipinski definition) is 2. The number of likely N-dealkylation sites (tertiary alicyclic amines) is 1. The molecule has 1 atom stereocenters. The Labute approximate surface area is 197 Å². The van der Waals surface area contributed by atoms with Gasteiger partial charge in [-0.15, -0.1) is 11.3 Å². The van der Waals surface area contributed by atoms with Gasteiger partial charge in [-0.1, -0.05) is 12.1 Å². The molecule has 0 aliphatic carbocycles. The third kappa shape index (κ3) is 4.77. The highest BCUT2D eigenvalue weighted by atomic mass is 32.1. The zero-order chi connectivity index (χ0) is 22.8. The maximum atomic E-state index is 12.9. The summed E-state index contributed by atoms with van der Waals surface area (Å²) in [4.78, 5) is 33.7. The number of aromatic nitrogens is 1. The van der Waals surface area contributed by atoms with E-state index in [1.165, 1.54) is 42.8 Å². The molecule has 7 nitrogen and oxygen atoms in total. The molecular weight excluding hydrogens is 434 g/mol. The minimum Gasteiger partial charge on any atom is -0.356 e. The van der Waals surface area contributed by atoms with Crippen LogP contribution < -0.4 is 10.6 Å². The van der Waals surface area contributed by atoms with Crippen LogP contribution in [0.25, 0.3) is 0 Å². The van der Waals surface area contributed by atoms with Crippen molar-refractivity contribution in [2.45, 2.75) is 38.9 Å². The standard InChI is InChI=1S/C25H27N5O2S/c1-17(23(31)28-25-26-9-12-33-25)30-16-19-14-21(7-8-22(19)24(30)32)27-20-6-4-5-18(13-20)15-29-10-2-3-11-29/h4-9,12-14,17,27H,2-3,10-11,15-16H2,1H3,(H,26,28,31)/t17-/m1/s1. The molecule has 0 bridgehead atoms. The van der Waals surface area contributed by atoms with Gasteiger partial charge in [0, 0.05) is 41.6 Å². The van der Waals surface area contributed by atoms with E-state index in [1.807, 2.05) is 18.2 Å². The van der Waals surface area contributed by atoms with E-state index in [2.05, 4.69) is 44.8 Å². The normalized spacial score (nSPS) is 16.6. The fourth-order valence-electron chi connectivity index (χ4n) is 4.48. The number of carbonyl (C=O) groups is 2. The first kappa shape index (κ1) is 21.6. The van der Waals surface area contributed by atoms with E-state index >= 15 is 0 Å². The molecule has 0 spiro atoms. The Morgan fingerprint density at radius 3 is 2.76 bits per heavy atom. The Bertz CT molecular complexity index is 1160. The van der Waals surface area contributed by atoms with Crippen molar-refractivity contribution in [3.63, 3.8) is 0 Å². The average molecular weight is 462 g/mol. The Morgan fingerprint density at radius 1 is 1.15 bits per heavy atom. The van der Waals surface area contributed by atoms with Crippen LogP contribution in [0.5, 0.6) is 0 Å². The van der Waals surface area contributed by atoms with Crippen molar-refractivity contribution in [2.24, 2.45) is 0 Å². The van der Waals surface area contributed by atoms with Gasteiger partial charge in [-0.3, -0.25) is 14.5 Å². The highest BCUT2D eigenvalue weighted by Crippen LogP contribution is 2.29. The molecule has 5 rings (SSSR count). The first-order chi connectivity index (χ1) is 16.1. The third-order valence-corrected chi connectivity index (χ3v) is 6.96. The predicted octanol–water partition coefficient (Wildman–Crippen LogP) is 4.47. The Kier molecular flexibility index (Phi) is 6.11. The van der Waals surface area contributed by atoms with Crippen molar-refractivity contribution in [3.8, 4) is 0 Å². The lowest BCUT2D eigenvalue weighted by Crippen LogP contribution is -2.42. The zero-order valence-electron chi connectivity index (χ0n) is 18.6. The van der Waals surface area contributed by atoms with Gasteiger partial charge in [0.1, 0.15) is 6.04 Å². The van der Waals surface area contributed by atoms with E-state index in [0.29, 0.717) is 17.2 Å². The fourth-order valence-corrected chi connectivity index (χ4v) is 5.02. The molecule has 1 fully saturated rings. The molecule has 2 amide bonds. The van der Waals surface area contributed by atoms with Gasteiger partial charge in [0.2, 0.25) is 5.91 Å². The summed E-state index contributed by atoms with van der Waals surface area (Å²) in [6.07, 6.45) is 4.21. The van der Waals surface area contributed by atoms with Gasteiger partial charge in [0.25, 0.3) is 5.91 Å². The van der Waals surface area contributed by atoms with Gasteiger partial charge < -0.3 is 15.5 Å². The van der Waals surface area contributed by atoms with Crippen molar-refractivity contribution in [1.29, 1.82) is 0 Å². The maximum Gasteiger partial charge on any atom is 0.255 e. The Hall–Kier alpha value is -3.23. The number of thiazole rings is 1. The van der Waals surface area contributed by atoms with Gasteiger partial charge >= 0.3 is 0 Å². The molecule has 2 aliphatic heterocycles. The number of nitrogens with zero attached hydrogens (tertiary/aromatic N) is 3. The molecule has 1 aromatic heterocycles. The first-order valence-corrected chi connectivity index (χ1v) is 12.2. The average Bonchev–Trinajstić information content (AvgIpc) is 3.56. The number of fused-ring (bicyclic) bond motifs is 1. The van der Waals surface area contributed by atoms with Crippen LogP contribution in [0.1, 0.15) is 41.3 Å². The van der Waals surface area contributed by atoms with Crippen LogP contribution in [0.4, 0.5) is 16.5 Å². The number of hydrogen-bond acceptors (Lipinski definition) is 6. The third-order valence-electron chi connectivity index (χ3n) is 6.27. The van der Waals surface area contributed by atoms with Crippen LogP contribution in [-0.2, 0) is 17.9 Å². The van der Waals surface area contributed by atoms with Crippen LogP contribution >= 0.6 is 11.3 Å². The largest absolute Gasteiger partial charge is 0.356 e. The molecule has 3 aromatic rings. The van der Waals surface area contributed by atoms with Gasteiger partial charge in [-0.2, -0.15) is 0 Å². The summed E-state index contributed by atoms with van der Waals surface area (Å²) in [7, 11) is 0. The number of nitrogens with one attached hydrogen (secondary N) is 2. The second kappa shape index (κ2) is 9.33. The molecule has 3 heterocycles. The van der Waals surface area contributed by atoms with E-state index < -0.39 is 6.04 Å². The number of carbonyl (C=O) groups excluding carboxylic acids is 2. The molecule has 8 heteroatoms. The summed E-state index contributed by atoms with van der Waals surface area (Å²) in [5.74, 6) is -0.356. The van der Waals surface area contributed by atoms with E-state index in [1.54, 1.807) is 23.4 Å². The molecule has 170 valence electrons. The highest BCUT2D eigenvalue weighted by molar-refractivity contribution is 7.13. The van der Waals surface area contributed by atoms with Crippen molar-refractivity contribution in [2.75, 3.05) is 23.7 Å². The second-order valence-corrected chi connectivity index (χ2v) is 9.51. The Morgan fingerprint density at radius 2 is 1.97 bits per heavy atom. The summed E-state index contributed by atoms with van der Waals surface area (Å²) < 4.78 is 0. The summed E-state index contributed by atoms with van der Waals surface area (Å²) in [6.45, 7) is 5.48. The lowest BCUT2D eigenvalue weighted by Gasteiger charge is -2.22. The molecule has 2 N–H and O–H groups in total. The van der Waals surface area contributed by atoms with E-state index in [9.17, 15) is 9.59 Å². The molecule has 33 heavy (non-hydrogen) atoms. The fraction of sp³-hybridized carbons (Fsp3) is 0.320. The number of rotatable bonds is 7. The lowest BCUT2D eigenvalue weighted by atomic mass is 10.1. The van der Waals surface area contributed by atoms with Crippen LogP contribution in [0.15, 0.2) is 54.0 Å². The smallest absolute Gasteiger partial charge is 0.255 e. The van der Waals surface area contributed by atoms with Gasteiger partial charge in [-0.05, 0) is 74.3 Å². The van der Waals surface area contributed by atoms with Gasteiger partial charge in [-0.25, -0.2) is 4.98 Å². The number of anilines is 3. The van der Waals surface area contributed by atoms with E-state index in [-0.39, 0.29) is 11.8 Å². The summed E-state index contributed by atoms with van der Waals surface area (Å²) >= 11 is 1.35. The zero-order valence-corrected chi connectivity index (χ0v) is 19.4. The van der Waals surface area contributed by atoms with Crippen molar-refractivity contribution in [1.82, 2.24) is 14.8 Å². The maximum absolute atomic E-state index is 12.9. The minimum atomic E-state index is -0.590. The van der Waals surface area contributed by atoms with E-state index in [0.717, 1.165) is 23.5 Å². The Balaban J connectivity index is 1.26. The SMILES string of the molecule is C[C@H](C(=O)Nc1nccs1)N1Cc2cc(Nc3cccc(CN4CCCC4)c3)ccc2C1=O. The van der Waals surface area contributed by atoms with Crippen LogP contribution in [-0.4, -0.2) is 45.7 Å². The molecule has 0 saturated carbocycles. The highest BCUT2D eigenvalue weighted by Gasteiger charge is 2.34. The second-order valence-electron chi connectivity index (χ2n) is 8.62. The van der Waals surface area contributed by atoms with E-state index in [4.69, 9.17) is 0 Å². The first-order valence-electron chi connectivity index (χ1n) is 11.3. The number of amides is 2. The summed E-state index contributed by atoms with van der Waals surface area (Å²) in [6, 6.07) is 13.7. The lowest BCUT2D eigenvalue weighted by molar-refractivity contribution is -0.120. The van der Waals surface area contributed by atoms with Crippen LogP contribution in [0.2, 0.25) is 0 Å². The monoisotopic (exact) mass is 461 g/mol. The van der Waals surface area contributed by atoms with Crippen molar-refractivity contribution < 1.29 is 9.59 Å². The topological polar surface area (TPSA) is 77.6 Å². The predicted molar refractivity (Wildman–Crippen MR) is 131 cm³/mol. The summed E-state index contributed by atoms with van der Waals surface area (Å²) in [5, 5.41) is 8.59. The van der Waals surface area contributed by atoms with Gasteiger partial charge in [0.05, 0.1) is 0 Å².